The van der Waals surface area contributed by atoms with Gasteiger partial charge in [-0.05, 0) is 68.5 Å². The van der Waals surface area contributed by atoms with Crippen LogP contribution in [-0.4, -0.2) is 31.7 Å². The molecule has 0 unspecified atom stereocenters. The summed E-state index contributed by atoms with van der Waals surface area (Å²) in [5.74, 6) is 0.0379. The van der Waals surface area contributed by atoms with Crippen LogP contribution in [0.3, 0.4) is 0 Å². The van der Waals surface area contributed by atoms with E-state index in [0.29, 0.717) is 29.2 Å². The van der Waals surface area contributed by atoms with Crippen molar-refractivity contribution in [2.24, 2.45) is 7.05 Å². The Kier molecular flexibility index (Phi) is 7.65. The number of benzene rings is 3. The Morgan fingerprint density at radius 1 is 1.00 bits per heavy atom. The van der Waals surface area contributed by atoms with Gasteiger partial charge >= 0.3 is 0 Å². The van der Waals surface area contributed by atoms with Gasteiger partial charge in [-0.1, -0.05) is 36.4 Å². The van der Waals surface area contributed by atoms with Gasteiger partial charge in [0.2, 0.25) is 0 Å². The lowest BCUT2D eigenvalue weighted by Crippen LogP contribution is -2.23. The van der Waals surface area contributed by atoms with E-state index in [1.54, 1.807) is 41.7 Å². The highest BCUT2D eigenvalue weighted by Crippen LogP contribution is 2.28. The van der Waals surface area contributed by atoms with Crippen molar-refractivity contribution in [2.45, 2.75) is 13.8 Å². The molecule has 3 aromatic carbocycles. The molecule has 1 N–H and O–H groups in total. The van der Waals surface area contributed by atoms with Crippen molar-refractivity contribution < 1.29 is 9.53 Å². The van der Waals surface area contributed by atoms with Gasteiger partial charge in [-0.2, -0.15) is 10.4 Å². The lowest BCUT2D eigenvalue weighted by Gasteiger charge is -2.07. The van der Waals surface area contributed by atoms with Crippen molar-refractivity contribution in [3.8, 4) is 34.5 Å². The highest BCUT2D eigenvalue weighted by molar-refractivity contribution is 6.10. The van der Waals surface area contributed by atoms with E-state index in [1.807, 2.05) is 85.8 Å². The normalized spacial score (nSPS) is 11.2. The first-order valence-electron chi connectivity index (χ1n) is 13.1. The number of hydrogen-bond acceptors (Lipinski definition) is 5. The molecule has 41 heavy (non-hydrogen) atoms. The van der Waals surface area contributed by atoms with Crippen molar-refractivity contribution in [3.63, 3.8) is 0 Å². The molecule has 9 nitrogen and oxygen atoms in total. The quantitative estimate of drug-likeness (QED) is 0.211. The second-order valence-electron chi connectivity index (χ2n) is 9.23. The van der Waals surface area contributed by atoms with E-state index < -0.39 is 11.5 Å². The first kappa shape index (κ1) is 27.0. The number of amides is 1. The van der Waals surface area contributed by atoms with Gasteiger partial charge in [-0.25, -0.2) is 9.36 Å². The smallest absolute Gasteiger partial charge is 0.295 e. The molecule has 0 spiro atoms. The number of para-hydroxylation sites is 2. The van der Waals surface area contributed by atoms with Gasteiger partial charge in [0.1, 0.15) is 23.1 Å². The minimum atomic E-state index is -0.691. The molecule has 0 atom stereocenters. The van der Waals surface area contributed by atoms with Crippen molar-refractivity contribution in [2.75, 3.05) is 11.9 Å². The number of carbonyl (C=O) groups is 1. The van der Waals surface area contributed by atoms with Gasteiger partial charge in [0, 0.05) is 24.4 Å². The first-order valence-corrected chi connectivity index (χ1v) is 13.1. The van der Waals surface area contributed by atoms with E-state index in [0.717, 1.165) is 17.0 Å². The lowest BCUT2D eigenvalue weighted by atomic mass is 10.1. The Hall–Kier alpha value is -5.62. The molecular formula is C32H28N6O3. The molecule has 1 amide bonds. The summed E-state index contributed by atoms with van der Waals surface area (Å²) in [6, 6.07) is 28.1. The molecule has 5 aromatic rings. The van der Waals surface area contributed by atoms with E-state index in [4.69, 9.17) is 9.84 Å². The van der Waals surface area contributed by atoms with Crippen molar-refractivity contribution in [1.29, 1.82) is 5.26 Å². The third-order valence-corrected chi connectivity index (χ3v) is 6.66. The Morgan fingerprint density at radius 2 is 1.63 bits per heavy atom. The molecule has 0 saturated heterocycles. The van der Waals surface area contributed by atoms with Crippen LogP contribution < -0.4 is 15.6 Å². The molecule has 0 saturated carbocycles. The number of nitrogens with zero attached hydrogens (tertiary/aromatic N) is 5. The molecular weight excluding hydrogens is 516 g/mol. The monoisotopic (exact) mass is 544 g/mol. The van der Waals surface area contributed by atoms with Crippen molar-refractivity contribution in [1.82, 2.24) is 19.1 Å². The van der Waals surface area contributed by atoms with E-state index >= 15 is 0 Å². The highest BCUT2D eigenvalue weighted by Gasteiger charge is 2.21. The van der Waals surface area contributed by atoms with Gasteiger partial charge < -0.3 is 10.1 Å². The van der Waals surface area contributed by atoms with Gasteiger partial charge in [-0.3, -0.25) is 14.3 Å². The zero-order valence-electron chi connectivity index (χ0n) is 22.9. The summed E-state index contributed by atoms with van der Waals surface area (Å²) in [5, 5.41) is 17.4. The number of anilines is 1. The van der Waals surface area contributed by atoms with Crippen LogP contribution in [0, 0.1) is 18.3 Å². The summed E-state index contributed by atoms with van der Waals surface area (Å²) in [6.45, 7) is 4.20. The fraction of sp³-hybridized carbons (Fsp3) is 0.125. The van der Waals surface area contributed by atoms with Crippen molar-refractivity contribution in [3.05, 3.63) is 118 Å². The zero-order valence-corrected chi connectivity index (χ0v) is 22.9. The second kappa shape index (κ2) is 11.6. The summed E-state index contributed by atoms with van der Waals surface area (Å²) in [5.41, 5.74) is 3.52. The molecule has 0 aliphatic rings. The largest absolute Gasteiger partial charge is 0.494 e. The minimum Gasteiger partial charge on any atom is -0.494 e. The van der Waals surface area contributed by atoms with Crippen LogP contribution in [0.5, 0.6) is 5.75 Å². The Morgan fingerprint density at radius 3 is 2.24 bits per heavy atom. The molecule has 0 aliphatic carbocycles. The SMILES string of the molecule is CCOc1ccc(-c2nn(-c3ccccc3)cc2C=C(C#N)C(=O)Nc2c(C)n(C)n(-c3ccccc3)c2=O)cc1. The fourth-order valence-electron chi connectivity index (χ4n) is 4.50. The number of ether oxygens (including phenoxy) is 1. The van der Waals surface area contributed by atoms with Crippen LogP contribution in [0.1, 0.15) is 18.2 Å². The molecule has 2 aromatic heterocycles. The van der Waals surface area contributed by atoms with Gasteiger partial charge in [0.25, 0.3) is 11.5 Å². The summed E-state index contributed by atoms with van der Waals surface area (Å²) in [7, 11) is 1.74. The Balaban J connectivity index is 1.53. The van der Waals surface area contributed by atoms with Crippen LogP contribution in [0.15, 0.2) is 101 Å². The third-order valence-electron chi connectivity index (χ3n) is 6.66. The highest BCUT2D eigenvalue weighted by atomic mass is 16.5. The number of nitriles is 1. The number of carbonyl (C=O) groups excluding carboxylic acids is 1. The predicted octanol–water partition coefficient (Wildman–Crippen LogP) is 5.28. The van der Waals surface area contributed by atoms with Gasteiger partial charge in [0.05, 0.1) is 29.4 Å². The number of nitrogens with one attached hydrogen (secondary N) is 1. The standard InChI is InChI=1S/C32H28N6O3/c1-4-41-28-17-15-23(16-18-28)30-25(21-37(35-30)26-11-7-5-8-12-26)19-24(20-33)31(39)34-29-22(2)36(3)38(32(29)40)27-13-9-6-10-14-27/h5-19,21H,4H2,1-3H3,(H,34,39). The third kappa shape index (κ3) is 5.44. The minimum absolute atomic E-state index is 0.106. The zero-order chi connectivity index (χ0) is 28.9. The summed E-state index contributed by atoms with van der Waals surface area (Å²) in [4.78, 5) is 26.6. The molecule has 0 radical (unpaired) electrons. The fourth-order valence-corrected chi connectivity index (χ4v) is 4.50. The maximum absolute atomic E-state index is 13.3. The molecule has 9 heteroatoms. The molecule has 5 rings (SSSR count). The molecule has 204 valence electrons. The number of aromatic nitrogens is 4. The van der Waals surface area contributed by atoms with Crippen LogP contribution in [0.2, 0.25) is 0 Å². The molecule has 2 heterocycles. The first-order chi connectivity index (χ1) is 19.9. The van der Waals surface area contributed by atoms with Crippen LogP contribution in [0.4, 0.5) is 5.69 Å². The van der Waals surface area contributed by atoms with E-state index in [-0.39, 0.29) is 11.3 Å². The average Bonchev–Trinajstić information content (AvgIpc) is 3.51. The summed E-state index contributed by atoms with van der Waals surface area (Å²) < 4.78 is 10.4. The summed E-state index contributed by atoms with van der Waals surface area (Å²) in [6.07, 6.45) is 3.25. The van der Waals surface area contributed by atoms with Gasteiger partial charge in [-0.15, -0.1) is 0 Å². The van der Waals surface area contributed by atoms with E-state index in [1.165, 1.54) is 10.8 Å². The van der Waals surface area contributed by atoms with E-state index in [2.05, 4.69) is 5.32 Å². The molecule has 0 aliphatic heterocycles. The summed E-state index contributed by atoms with van der Waals surface area (Å²) >= 11 is 0. The Labute approximate surface area is 237 Å². The van der Waals surface area contributed by atoms with E-state index in [9.17, 15) is 14.9 Å². The second-order valence-corrected chi connectivity index (χ2v) is 9.23. The predicted molar refractivity (Wildman–Crippen MR) is 158 cm³/mol. The topological polar surface area (TPSA) is 107 Å². The van der Waals surface area contributed by atoms with Crippen LogP contribution in [0.25, 0.3) is 28.7 Å². The molecule has 0 bridgehead atoms. The number of hydrogen-bond donors (Lipinski definition) is 1. The van der Waals surface area contributed by atoms with Crippen LogP contribution in [-0.2, 0) is 11.8 Å². The van der Waals surface area contributed by atoms with Crippen molar-refractivity contribution >= 4 is 17.7 Å². The Bertz CT molecular complexity index is 1820. The lowest BCUT2D eigenvalue weighted by molar-refractivity contribution is -0.112. The van der Waals surface area contributed by atoms with Gasteiger partial charge in [0.15, 0.2) is 0 Å². The maximum atomic E-state index is 13.3. The molecule has 0 fully saturated rings. The maximum Gasteiger partial charge on any atom is 0.295 e. The number of rotatable bonds is 8. The average molecular weight is 545 g/mol. The van der Waals surface area contributed by atoms with Crippen LogP contribution >= 0.6 is 0 Å².